The van der Waals surface area contributed by atoms with E-state index in [9.17, 15) is 4.79 Å². The minimum atomic E-state index is -0.0948. The summed E-state index contributed by atoms with van der Waals surface area (Å²) >= 11 is 3.60. The molecule has 7 heteroatoms. The molecule has 2 aromatic heterocycles. The molecule has 0 spiro atoms. The number of thiophene rings is 1. The van der Waals surface area contributed by atoms with Crippen LogP contribution in [0, 0.1) is 0 Å². The summed E-state index contributed by atoms with van der Waals surface area (Å²) in [4.78, 5) is 24.7. The Morgan fingerprint density at radius 3 is 3.00 bits per heavy atom. The molecule has 4 rings (SSSR count). The average molecular weight is 348 g/mol. The highest BCUT2D eigenvalue weighted by Gasteiger charge is 2.33. The molecular formula is C16H20N4OS2. The first-order valence-electron chi connectivity index (χ1n) is 8.16. The van der Waals surface area contributed by atoms with Gasteiger partial charge < -0.3 is 10.2 Å². The molecule has 4 heterocycles. The number of aromatic nitrogens is 2. The van der Waals surface area contributed by atoms with Gasteiger partial charge in [0, 0.05) is 12.6 Å². The van der Waals surface area contributed by atoms with E-state index < -0.39 is 0 Å². The predicted molar refractivity (Wildman–Crippen MR) is 96.3 cm³/mol. The molecule has 1 N–H and O–H groups in total. The average Bonchev–Trinajstić information content (AvgIpc) is 3.24. The number of nitrogens with one attached hydrogen (secondary N) is 1. The molecule has 1 amide bonds. The Kier molecular flexibility index (Phi) is 4.39. The van der Waals surface area contributed by atoms with Crippen LogP contribution in [0.1, 0.15) is 25.7 Å². The van der Waals surface area contributed by atoms with Crippen LogP contribution in [0.3, 0.4) is 0 Å². The van der Waals surface area contributed by atoms with Crippen LogP contribution in [0.5, 0.6) is 0 Å². The van der Waals surface area contributed by atoms with Crippen molar-refractivity contribution in [3.8, 4) is 0 Å². The van der Waals surface area contributed by atoms with E-state index >= 15 is 0 Å². The molecule has 2 aromatic rings. The molecule has 5 nitrogen and oxygen atoms in total. The van der Waals surface area contributed by atoms with Gasteiger partial charge in [0.1, 0.15) is 23.0 Å². The van der Waals surface area contributed by atoms with Gasteiger partial charge in [-0.15, -0.1) is 11.3 Å². The van der Waals surface area contributed by atoms with Gasteiger partial charge in [-0.3, -0.25) is 4.79 Å². The maximum Gasteiger partial charge on any atom is 0.242 e. The van der Waals surface area contributed by atoms with Gasteiger partial charge in [0.05, 0.1) is 5.39 Å². The summed E-state index contributed by atoms with van der Waals surface area (Å²) in [5.74, 6) is 3.39. The molecule has 0 aliphatic carbocycles. The Bertz CT molecular complexity index is 698. The van der Waals surface area contributed by atoms with Crippen molar-refractivity contribution in [2.75, 3.05) is 23.0 Å². The van der Waals surface area contributed by atoms with Gasteiger partial charge in [0.25, 0.3) is 0 Å². The van der Waals surface area contributed by atoms with Crippen molar-refractivity contribution in [1.82, 2.24) is 15.3 Å². The van der Waals surface area contributed by atoms with Crippen LogP contribution in [-0.2, 0) is 4.79 Å². The molecule has 23 heavy (non-hydrogen) atoms. The fourth-order valence-electron chi connectivity index (χ4n) is 3.44. The first-order valence-corrected chi connectivity index (χ1v) is 10.2. The van der Waals surface area contributed by atoms with Crippen molar-refractivity contribution < 1.29 is 4.79 Å². The van der Waals surface area contributed by atoms with Crippen molar-refractivity contribution >= 4 is 45.0 Å². The fourth-order valence-corrected chi connectivity index (χ4v) is 5.27. The Morgan fingerprint density at radius 2 is 2.13 bits per heavy atom. The summed E-state index contributed by atoms with van der Waals surface area (Å²) in [5, 5.41) is 6.36. The zero-order valence-electron chi connectivity index (χ0n) is 12.9. The minimum Gasteiger partial charge on any atom is -0.352 e. The molecule has 2 aliphatic heterocycles. The van der Waals surface area contributed by atoms with E-state index in [1.54, 1.807) is 17.7 Å². The summed E-state index contributed by atoms with van der Waals surface area (Å²) in [5.41, 5.74) is 0. The second kappa shape index (κ2) is 6.65. The second-order valence-corrected chi connectivity index (χ2v) is 8.20. The molecule has 0 unspecified atom stereocenters. The minimum absolute atomic E-state index is 0.0948. The summed E-state index contributed by atoms with van der Waals surface area (Å²) in [6.45, 7) is 0.889. The lowest BCUT2D eigenvalue weighted by atomic mass is 10.1. The maximum absolute atomic E-state index is 12.8. The van der Waals surface area contributed by atoms with E-state index in [1.165, 1.54) is 0 Å². The molecule has 122 valence electrons. The normalized spacial score (nSPS) is 22.6. The number of hydrogen-bond acceptors (Lipinski definition) is 6. The van der Waals surface area contributed by atoms with Crippen LogP contribution in [0.25, 0.3) is 10.2 Å². The van der Waals surface area contributed by atoms with Gasteiger partial charge in [-0.25, -0.2) is 9.97 Å². The van der Waals surface area contributed by atoms with Crippen molar-refractivity contribution in [2.24, 2.45) is 0 Å². The van der Waals surface area contributed by atoms with E-state index in [2.05, 4.69) is 26.3 Å². The highest BCUT2D eigenvalue weighted by atomic mass is 32.2. The molecule has 1 atom stereocenters. The predicted octanol–water partition coefficient (Wildman–Crippen LogP) is 2.67. The number of amides is 1. The largest absolute Gasteiger partial charge is 0.352 e. The van der Waals surface area contributed by atoms with Gasteiger partial charge in [-0.2, -0.15) is 11.8 Å². The van der Waals surface area contributed by atoms with Crippen LogP contribution >= 0.6 is 23.1 Å². The third-order valence-corrected chi connectivity index (χ3v) is 6.51. The lowest BCUT2D eigenvalue weighted by molar-refractivity contribution is -0.122. The van der Waals surface area contributed by atoms with Gasteiger partial charge in [0.15, 0.2) is 0 Å². The lowest BCUT2D eigenvalue weighted by Gasteiger charge is -2.29. The Hall–Kier alpha value is -1.34. The zero-order chi connectivity index (χ0) is 15.6. The molecule has 0 saturated carbocycles. The Balaban J connectivity index is 1.54. The topological polar surface area (TPSA) is 58.1 Å². The molecule has 0 radical (unpaired) electrons. The van der Waals surface area contributed by atoms with Gasteiger partial charge in [0.2, 0.25) is 5.91 Å². The number of thioether (sulfide) groups is 1. The van der Waals surface area contributed by atoms with Crippen LogP contribution in [0.2, 0.25) is 0 Å². The van der Waals surface area contributed by atoms with Crippen LogP contribution in [0.15, 0.2) is 17.8 Å². The second-order valence-electron chi connectivity index (χ2n) is 6.08. The van der Waals surface area contributed by atoms with E-state index in [-0.39, 0.29) is 11.9 Å². The zero-order valence-corrected chi connectivity index (χ0v) is 14.5. The van der Waals surface area contributed by atoms with Crippen molar-refractivity contribution in [3.05, 3.63) is 17.8 Å². The van der Waals surface area contributed by atoms with E-state index in [4.69, 9.17) is 0 Å². The monoisotopic (exact) mass is 348 g/mol. The maximum atomic E-state index is 12.8. The molecule has 0 bridgehead atoms. The summed E-state index contributed by atoms with van der Waals surface area (Å²) in [6.07, 6.45) is 5.73. The summed E-state index contributed by atoms with van der Waals surface area (Å²) < 4.78 is 0. The number of rotatable bonds is 3. The van der Waals surface area contributed by atoms with Crippen molar-refractivity contribution in [2.45, 2.75) is 37.8 Å². The van der Waals surface area contributed by atoms with E-state index in [1.807, 2.05) is 17.1 Å². The van der Waals surface area contributed by atoms with Gasteiger partial charge in [-0.05, 0) is 48.6 Å². The first-order chi connectivity index (χ1) is 11.3. The molecule has 2 saturated heterocycles. The van der Waals surface area contributed by atoms with Crippen molar-refractivity contribution in [1.29, 1.82) is 0 Å². The van der Waals surface area contributed by atoms with Crippen LogP contribution < -0.4 is 10.2 Å². The highest BCUT2D eigenvalue weighted by molar-refractivity contribution is 7.99. The molecule has 0 aromatic carbocycles. The Labute approximate surface area is 143 Å². The Morgan fingerprint density at radius 1 is 1.26 bits per heavy atom. The lowest BCUT2D eigenvalue weighted by Crippen LogP contribution is -2.48. The number of fused-ring (bicyclic) bond motifs is 1. The molecule has 2 fully saturated rings. The number of hydrogen-bond donors (Lipinski definition) is 1. The standard InChI is InChI=1S/C16H20N4OS2/c21-15(19-11-3-7-22-8-4-11)13-2-1-6-20(13)14-12-5-9-23-16(12)18-10-17-14/h5,9-11,13H,1-4,6-8H2,(H,19,21)/t13-/m0/s1. The highest BCUT2D eigenvalue weighted by Crippen LogP contribution is 2.32. The molecule has 2 aliphatic rings. The molecular weight excluding hydrogens is 328 g/mol. The smallest absolute Gasteiger partial charge is 0.242 e. The first kappa shape index (κ1) is 15.2. The summed E-state index contributed by atoms with van der Waals surface area (Å²) in [7, 11) is 0. The third kappa shape index (κ3) is 3.04. The SMILES string of the molecule is O=C(NC1CCSCC1)[C@@H]1CCCN1c1ncnc2sccc12. The van der Waals surface area contributed by atoms with Gasteiger partial charge in [-0.1, -0.05) is 0 Å². The number of carbonyl (C=O) groups is 1. The van der Waals surface area contributed by atoms with Crippen LogP contribution in [-0.4, -0.2) is 46.0 Å². The summed E-state index contributed by atoms with van der Waals surface area (Å²) in [6, 6.07) is 2.31. The number of anilines is 1. The van der Waals surface area contributed by atoms with Crippen LogP contribution in [0.4, 0.5) is 5.82 Å². The quantitative estimate of drug-likeness (QED) is 0.924. The number of carbonyl (C=O) groups excluding carboxylic acids is 1. The van der Waals surface area contributed by atoms with Gasteiger partial charge >= 0.3 is 0 Å². The van der Waals surface area contributed by atoms with E-state index in [0.717, 1.165) is 59.8 Å². The van der Waals surface area contributed by atoms with Crippen molar-refractivity contribution in [3.63, 3.8) is 0 Å². The number of nitrogens with zero attached hydrogens (tertiary/aromatic N) is 3. The fraction of sp³-hybridized carbons (Fsp3) is 0.562. The van der Waals surface area contributed by atoms with E-state index in [0.29, 0.717) is 6.04 Å². The third-order valence-electron chi connectivity index (χ3n) is 4.64.